The second-order valence-electron chi connectivity index (χ2n) is 5.86. The first-order valence-electron chi connectivity index (χ1n) is 7.55. The van der Waals surface area contributed by atoms with E-state index in [0.717, 1.165) is 19.3 Å². The zero-order valence-corrected chi connectivity index (χ0v) is 14.2. The van der Waals surface area contributed by atoms with E-state index in [1.807, 2.05) is 10.6 Å². The van der Waals surface area contributed by atoms with Crippen LogP contribution in [-0.4, -0.2) is 19.1 Å². The Morgan fingerprint density at radius 3 is 2.91 bits per heavy atom. The van der Waals surface area contributed by atoms with E-state index >= 15 is 0 Å². The monoisotopic (exact) mass is 373 g/mol. The first-order valence-corrected chi connectivity index (χ1v) is 8.35. The highest BCUT2D eigenvalue weighted by Gasteiger charge is 2.27. The predicted molar refractivity (Wildman–Crippen MR) is 92.4 cm³/mol. The summed E-state index contributed by atoms with van der Waals surface area (Å²) in [5, 5.41) is 0. The van der Waals surface area contributed by atoms with Crippen molar-refractivity contribution in [1.29, 1.82) is 0 Å². The van der Waals surface area contributed by atoms with Gasteiger partial charge < -0.3 is 5.73 Å². The molecular weight excluding hydrogens is 358 g/mol. The summed E-state index contributed by atoms with van der Waals surface area (Å²) in [7, 11) is 1.60. The van der Waals surface area contributed by atoms with E-state index in [1.165, 1.54) is 15.7 Å². The summed E-state index contributed by atoms with van der Waals surface area (Å²) in [5.41, 5.74) is 9.15. The lowest BCUT2D eigenvalue weighted by molar-refractivity contribution is 0.490. The minimum absolute atomic E-state index is 0.110. The van der Waals surface area contributed by atoms with Gasteiger partial charge in [-0.25, -0.2) is 4.98 Å². The molecule has 0 aliphatic heterocycles. The smallest absolute Gasteiger partial charge is 0.282 e. The van der Waals surface area contributed by atoms with Crippen molar-refractivity contribution >= 4 is 33.0 Å². The molecule has 118 valence electrons. The molecule has 0 spiro atoms. The maximum atomic E-state index is 12.4. The van der Waals surface area contributed by atoms with E-state index < -0.39 is 0 Å². The van der Waals surface area contributed by atoms with Gasteiger partial charge in [0.2, 0.25) is 5.95 Å². The minimum atomic E-state index is -0.226. The van der Waals surface area contributed by atoms with Gasteiger partial charge >= 0.3 is 0 Å². The van der Waals surface area contributed by atoms with Crippen molar-refractivity contribution in [2.45, 2.75) is 25.3 Å². The van der Waals surface area contributed by atoms with Gasteiger partial charge in [0.15, 0.2) is 15.9 Å². The number of aryl methyl sites for hydroxylation is 1. The first kappa shape index (κ1) is 14.4. The highest BCUT2D eigenvalue weighted by atomic mass is 79.9. The van der Waals surface area contributed by atoms with Gasteiger partial charge in [-0.1, -0.05) is 24.3 Å². The molecule has 1 aliphatic rings. The van der Waals surface area contributed by atoms with E-state index in [2.05, 4.69) is 44.1 Å². The Bertz CT molecular complexity index is 974. The molecule has 0 saturated carbocycles. The highest BCUT2D eigenvalue weighted by molar-refractivity contribution is 9.10. The molecule has 1 aliphatic carbocycles. The number of hydrogen-bond donors (Lipinski definition) is 1. The maximum Gasteiger partial charge on any atom is 0.282 e. The summed E-state index contributed by atoms with van der Waals surface area (Å²) in [6.07, 6.45) is 3.15. The molecule has 7 heteroatoms. The van der Waals surface area contributed by atoms with Crippen LogP contribution in [0.15, 0.2) is 33.8 Å². The number of nitrogens with two attached hydrogens (primary N) is 1. The van der Waals surface area contributed by atoms with E-state index in [1.54, 1.807) is 7.05 Å². The molecule has 1 atom stereocenters. The van der Waals surface area contributed by atoms with Crippen LogP contribution < -0.4 is 11.3 Å². The van der Waals surface area contributed by atoms with E-state index in [4.69, 9.17) is 5.73 Å². The molecule has 2 heterocycles. The molecule has 0 bridgehead atoms. The third-order valence-electron chi connectivity index (χ3n) is 4.56. The fourth-order valence-corrected chi connectivity index (χ4v) is 3.96. The minimum Gasteiger partial charge on any atom is -0.369 e. The largest absolute Gasteiger partial charge is 0.369 e. The Balaban J connectivity index is 2.01. The number of anilines is 1. The second kappa shape index (κ2) is 5.19. The van der Waals surface area contributed by atoms with Gasteiger partial charge in [0.25, 0.3) is 5.56 Å². The average molecular weight is 374 g/mol. The zero-order chi connectivity index (χ0) is 16.1. The van der Waals surface area contributed by atoms with E-state index in [0.29, 0.717) is 15.9 Å². The number of aromatic nitrogens is 4. The molecule has 23 heavy (non-hydrogen) atoms. The average Bonchev–Trinajstić information content (AvgIpc) is 2.88. The van der Waals surface area contributed by atoms with Crippen molar-refractivity contribution in [3.8, 4) is 0 Å². The SMILES string of the molecule is Cn1c(N)nc2c(nc(Br)n2C2CCCc3ccccc32)c1=O. The summed E-state index contributed by atoms with van der Waals surface area (Å²) in [6.45, 7) is 0. The number of fused-ring (bicyclic) bond motifs is 2. The van der Waals surface area contributed by atoms with Gasteiger partial charge in [0.05, 0.1) is 6.04 Å². The Kier molecular flexibility index (Phi) is 3.26. The lowest BCUT2D eigenvalue weighted by Crippen LogP contribution is -2.23. The highest BCUT2D eigenvalue weighted by Crippen LogP contribution is 2.36. The summed E-state index contributed by atoms with van der Waals surface area (Å²) >= 11 is 3.50. The van der Waals surface area contributed by atoms with E-state index in [9.17, 15) is 4.79 Å². The van der Waals surface area contributed by atoms with Gasteiger partial charge in [0.1, 0.15) is 0 Å². The maximum absolute atomic E-state index is 12.4. The van der Waals surface area contributed by atoms with Crippen molar-refractivity contribution < 1.29 is 0 Å². The van der Waals surface area contributed by atoms with Crippen molar-refractivity contribution in [3.63, 3.8) is 0 Å². The number of imidazole rings is 1. The van der Waals surface area contributed by atoms with Gasteiger partial charge in [-0.15, -0.1) is 0 Å². The summed E-state index contributed by atoms with van der Waals surface area (Å²) in [5.74, 6) is 0.195. The van der Waals surface area contributed by atoms with Gasteiger partial charge in [-0.3, -0.25) is 13.9 Å². The molecule has 0 amide bonds. The van der Waals surface area contributed by atoms with Crippen LogP contribution in [0.1, 0.15) is 30.0 Å². The molecule has 1 aromatic carbocycles. The van der Waals surface area contributed by atoms with Gasteiger partial charge in [-0.05, 0) is 46.3 Å². The van der Waals surface area contributed by atoms with Crippen molar-refractivity contribution in [2.75, 3.05) is 5.73 Å². The molecule has 4 rings (SSSR count). The number of halogens is 1. The Hall–Kier alpha value is -2.15. The number of nitrogen functional groups attached to an aromatic ring is 1. The molecule has 3 aromatic rings. The molecule has 2 aromatic heterocycles. The number of benzene rings is 1. The van der Waals surface area contributed by atoms with Crippen LogP contribution in [0.3, 0.4) is 0 Å². The normalized spacial score (nSPS) is 17.4. The summed E-state index contributed by atoms with van der Waals surface area (Å²) in [4.78, 5) is 21.2. The molecule has 0 saturated heterocycles. The van der Waals surface area contributed by atoms with Crippen LogP contribution in [0.2, 0.25) is 0 Å². The van der Waals surface area contributed by atoms with E-state index in [-0.39, 0.29) is 17.5 Å². The van der Waals surface area contributed by atoms with Crippen molar-refractivity contribution in [3.05, 3.63) is 50.5 Å². The topological polar surface area (TPSA) is 78.7 Å². The molecule has 2 N–H and O–H groups in total. The molecular formula is C16H16BrN5O. The van der Waals surface area contributed by atoms with Gasteiger partial charge in [-0.2, -0.15) is 4.98 Å². The molecule has 6 nitrogen and oxygen atoms in total. The molecule has 0 fully saturated rings. The standard InChI is InChI=1S/C16H16BrN5O/c1-21-14(23)12-13(20-16(21)18)22(15(17)19-12)11-8-4-6-9-5-2-3-7-10(9)11/h2-3,5,7,11H,4,6,8H2,1H3,(H2,18,20). The quantitative estimate of drug-likeness (QED) is 0.664. The van der Waals surface area contributed by atoms with Crippen LogP contribution in [0.25, 0.3) is 11.2 Å². The molecule has 0 radical (unpaired) electrons. The van der Waals surface area contributed by atoms with Crippen molar-refractivity contribution in [1.82, 2.24) is 19.1 Å². The summed E-state index contributed by atoms with van der Waals surface area (Å²) in [6, 6.07) is 8.52. The predicted octanol–water partition coefficient (Wildman–Crippen LogP) is 2.40. The van der Waals surface area contributed by atoms with Crippen molar-refractivity contribution in [2.24, 2.45) is 7.05 Å². The Labute approximate surface area is 141 Å². The summed E-state index contributed by atoms with van der Waals surface area (Å²) < 4.78 is 3.93. The van der Waals surface area contributed by atoms with Gasteiger partial charge in [0, 0.05) is 7.05 Å². The zero-order valence-electron chi connectivity index (χ0n) is 12.7. The number of rotatable bonds is 1. The lowest BCUT2D eigenvalue weighted by Gasteiger charge is -2.27. The molecule has 1 unspecified atom stereocenters. The van der Waals surface area contributed by atoms with Crippen LogP contribution in [0.4, 0.5) is 5.95 Å². The number of hydrogen-bond acceptors (Lipinski definition) is 4. The van der Waals surface area contributed by atoms with Crippen LogP contribution in [-0.2, 0) is 13.5 Å². The van der Waals surface area contributed by atoms with Crippen LogP contribution in [0, 0.1) is 0 Å². The third-order valence-corrected chi connectivity index (χ3v) is 5.12. The Morgan fingerprint density at radius 1 is 1.30 bits per heavy atom. The Morgan fingerprint density at radius 2 is 2.09 bits per heavy atom. The third kappa shape index (κ3) is 2.10. The first-order chi connectivity index (χ1) is 11.1. The second-order valence-corrected chi connectivity index (χ2v) is 6.57. The number of nitrogens with zero attached hydrogens (tertiary/aromatic N) is 4. The van der Waals surface area contributed by atoms with Crippen LogP contribution in [0.5, 0.6) is 0 Å². The lowest BCUT2D eigenvalue weighted by atomic mass is 9.87. The fraction of sp³-hybridized carbons (Fsp3) is 0.312. The fourth-order valence-electron chi connectivity index (χ4n) is 3.37. The van der Waals surface area contributed by atoms with Crippen LogP contribution >= 0.6 is 15.9 Å².